The van der Waals surface area contributed by atoms with Crippen LogP contribution in [0.25, 0.3) is 0 Å². The summed E-state index contributed by atoms with van der Waals surface area (Å²) in [5.74, 6) is 1.11. The van der Waals surface area contributed by atoms with Crippen LogP contribution < -0.4 is 11.1 Å². The molecule has 3 nitrogen and oxygen atoms in total. The fraction of sp³-hybridized carbons (Fsp3) is 0.533. The highest BCUT2D eigenvalue weighted by atomic mass is 35.5. The lowest BCUT2D eigenvalue weighted by Gasteiger charge is -2.10. The van der Waals surface area contributed by atoms with Crippen molar-refractivity contribution >= 4 is 18.3 Å². The van der Waals surface area contributed by atoms with Crippen LogP contribution in [-0.2, 0) is 4.79 Å². The zero-order chi connectivity index (χ0) is 13.1. The third-order valence-corrected chi connectivity index (χ3v) is 3.74. The molecule has 1 saturated carbocycles. The molecule has 0 bridgehead atoms. The molecule has 4 heteroatoms. The number of halogens is 1. The Kier molecular flexibility index (Phi) is 5.83. The molecule has 2 rings (SSSR count). The fourth-order valence-corrected chi connectivity index (χ4v) is 2.32. The lowest BCUT2D eigenvalue weighted by molar-refractivity contribution is -0.122. The summed E-state index contributed by atoms with van der Waals surface area (Å²) in [6.07, 6.45) is 0.980. The zero-order valence-electron chi connectivity index (χ0n) is 11.6. The van der Waals surface area contributed by atoms with Crippen LogP contribution >= 0.6 is 12.4 Å². The lowest BCUT2D eigenvalue weighted by atomic mass is 10.0. The number of carbonyl (C=O) groups excluding carboxylic acids is 1. The second-order valence-corrected chi connectivity index (χ2v) is 5.39. The normalized spacial score (nSPS) is 22.3. The minimum absolute atomic E-state index is 0. The van der Waals surface area contributed by atoms with Crippen molar-refractivity contribution in [2.24, 2.45) is 17.6 Å². The van der Waals surface area contributed by atoms with E-state index in [1.54, 1.807) is 0 Å². The van der Waals surface area contributed by atoms with Gasteiger partial charge in [-0.2, -0.15) is 0 Å². The van der Waals surface area contributed by atoms with E-state index in [0.29, 0.717) is 24.9 Å². The van der Waals surface area contributed by atoms with Crippen LogP contribution in [0.3, 0.4) is 0 Å². The van der Waals surface area contributed by atoms with Gasteiger partial charge in [0, 0.05) is 12.5 Å². The molecular formula is C15H23ClN2O. The van der Waals surface area contributed by atoms with Gasteiger partial charge in [0.05, 0.1) is 0 Å². The zero-order valence-corrected chi connectivity index (χ0v) is 12.4. The van der Waals surface area contributed by atoms with Crippen molar-refractivity contribution in [1.29, 1.82) is 0 Å². The minimum Gasteiger partial charge on any atom is -0.356 e. The molecular weight excluding hydrogens is 260 g/mol. The van der Waals surface area contributed by atoms with Gasteiger partial charge in [0.1, 0.15) is 0 Å². The molecule has 0 radical (unpaired) electrons. The number of aryl methyl sites for hydroxylation is 1. The number of benzene rings is 1. The van der Waals surface area contributed by atoms with E-state index < -0.39 is 0 Å². The second-order valence-electron chi connectivity index (χ2n) is 5.39. The van der Waals surface area contributed by atoms with Gasteiger partial charge in [0.25, 0.3) is 0 Å². The Labute approximate surface area is 121 Å². The predicted molar refractivity (Wildman–Crippen MR) is 80.5 cm³/mol. The number of hydrogen-bond acceptors (Lipinski definition) is 2. The molecule has 1 amide bonds. The van der Waals surface area contributed by atoms with Gasteiger partial charge in [0.15, 0.2) is 0 Å². The number of rotatable bonds is 5. The topological polar surface area (TPSA) is 55.1 Å². The maximum absolute atomic E-state index is 12.0. The monoisotopic (exact) mass is 282 g/mol. The Balaban J connectivity index is 0.00000180. The third kappa shape index (κ3) is 3.95. The highest BCUT2D eigenvalue weighted by molar-refractivity contribution is 5.85. The van der Waals surface area contributed by atoms with Gasteiger partial charge < -0.3 is 11.1 Å². The molecule has 0 saturated heterocycles. The van der Waals surface area contributed by atoms with E-state index >= 15 is 0 Å². The number of amides is 1. The van der Waals surface area contributed by atoms with E-state index in [-0.39, 0.29) is 24.2 Å². The maximum atomic E-state index is 12.0. The first-order chi connectivity index (χ1) is 8.63. The van der Waals surface area contributed by atoms with Crippen LogP contribution in [0.15, 0.2) is 24.3 Å². The van der Waals surface area contributed by atoms with Crippen molar-refractivity contribution < 1.29 is 4.79 Å². The summed E-state index contributed by atoms with van der Waals surface area (Å²) >= 11 is 0. The highest BCUT2D eigenvalue weighted by Crippen LogP contribution is 2.48. The Morgan fingerprint density at radius 3 is 2.79 bits per heavy atom. The van der Waals surface area contributed by atoms with E-state index in [2.05, 4.69) is 24.4 Å². The van der Waals surface area contributed by atoms with E-state index in [9.17, 15) is 4.79 Å². The first-order valence-electron chi connectivity index (χ1n) is 6.66. The Bertz CT molecular complexity index is 436. The van der Waals surface area contributed by atoms with Crippen LogP contribution in [0.4, 0.5) is 0 Å². The molecule has 0 spiro atoms. The predicted octanol–water partition coefficient (Wildman–Crippen LogP) is 2.23. The average molecular weight is 283 g/mol. The van der Waals surface area contributed by atoms with E-state index in [1.807, 2.05) is 19.1 Å². The van der Waals surface area contributed by atoms with Crippen molar-refractivity contribution in [3.05, 3.63) is 35.4 Å². The van der Waals surface area contributed by atoms with E-state index in [0.717, 1.165) is 6.42 Å². The van der Waals surface area contributed by atoms with Crippen molar-refractivity contribution in [2.45, 2.75) is 26.2 Å². The van der Waals surface area contributed by atoms with Gasteiger partial charge in [-0.3, -0.25) is 4.79 Å². The van der Waals surface area contributed by atoms with Crippen LogP contribution in [-0.4, -0.2) is 19.0 Å². The van der Waals surface area contributed by atoms with Crippen LogP contribution in [0, 0.1) is 18.8 Å². The number of hydrogen-bond donors (Lipinski definition) is 2. The molecule has 3 atom stereocenters. The summed E-state index contributed by atoms with van der Waals surface area (Å²) in [7, 11) is 0. The van der Waals surface area contributed by atoms with E-state index in [1.165, 1.54) is 11.1 Å². The van der Waals surface area contributed by atoms with Gasteiger partial charge in [-0.1, -0.05) is 31.2 Å². The maximum Gasteiger partial charge on any atom is 0.223 e. The molecule has 1 aromatic rings. The summed E-state index contributed by atoms with van der Waals surface area (Å²) in [6.45, 7) is 5.46. The van der Waals surface area contributed by atoms with Gasteiger partial charge in [-0.25, -0.2) is 0 Å². The molecule has 106 valence electrons. The molecule has 0 aliphatic heterocycles. The highest BCUT2D eigenvalue weighted by Gasteiger charge is 2.44. The van der Waals surface area contributed by atoms with Crippen molar-refractivity contribution in [3.8, 4) is 0 Å². The summed E-state index contributed by atoms with van der Waals surface area (Å²) < 4.78 is 0. The van der Waals surface area contributed by atoms with Crippen LogP contribution in [0.1, 0.15) is 30.4 Å². The number of nitrogens with two attached hydrogens (primary N) is 1. The fourth-order valence-electron chi connectivity index (χ4n) is 2.32. The lowest BCUT2D eigenvalue weighted by Crippen LogP contribution is -2.32. The smallest absolute Gasteiger partial charge is 0.223 e. The second kappa shape index (κ2) is 6.92. The first-order valence-corrected chi connectivity index (χ1v) is 6.66. The largest absolute Gasteiger partial charge is 0.356 e. The standard InChI is InChI=1S/C15H22N2O.ClH/c1-10(8-16)9-17-15(18)14-7-13(14)12-6-4-3-5-11(12)2;/h3-6,10,13-14H,7-9,16H2,1-2H3,(H,17,18);1H. The first kappa shape index (κ1) is 16.0. The van der Waals surface area contributed by atoms with Crippen molar-refractivity contribution in [3.63, 3.8) is 0 Å². The van der Waals surface area contributed by atoms with Gasteiger partial charge >= 0.3 is 0 Å². The van der Waals surface area contributed by atoms with Crippen LogP contribution in [0.2, 0.25) is 0 Å². The Hall–Kier alpha value is -1.06. The number of nitrogens with one attached hydrogen (secondary N) is 1. The van der Waals surface area contributed by atoms with Gasteiger partial charge in [0.2, 0.25) is 5.91 Å². The van der Waals surface area contributed by atoms with Gasteiger partial charge in [-0.05, 0) is 42.9 Å². The molecule has 3 unspecified atom stereocenters. The molecule has 0 aromatic heterocycles. The minimum atomic E-state index is 0. The molecule has 1 fully saturated rings. The number of carbonyl (C=O) groups is 1. The summed E-state index contributed by atoms with van der Waals surface area (Å²) in [5.41, 5.74) is 8.15. The Morgan fingerprint density at radius 1 is 1.47 bits per heavy atom. The molecule has 0 heterocycles. The third-order valence-electron chi connectivity index (χ3n) is 3.74. The summed E-state index contributed by atoms with van der Waals surface area (Å²) in [5, 5.41) is 3.00. The van der Waals surface area contributed by atoms with Crippen molar-refractivity contribution in [1.82, 2.24) is 5.32 Å². The summed E-state index contributed by atoms with van der Waals surface area (Å²) in [6, 6.07) is 8.33. The molecule has 1 aliphatic carbocycles. The van der Waals surface area contributed by atoms with E-state index in [4.69, 9.17) is 5.73 Å². The average Bonchev–Trinajstić information content (AvgIpc) is 3.16. The van der Waals surface area contributed by atoms with Crippen LogP contribution in [0.5, 0.6) is 0 Å². The Morgan fingerprint density at radius 2 is 2.16 bits per heavy atom. The molecule has 19 heavy (non-hydrogen) atoms. The molecule has 3 N–H and O–H groups in total. The quantitative estimate of drug-likeness (QED) is 0.870. The van der Waals surface area contributed by atoms with Crippen molar-refractivity contribution in [2.75, 3.05) is 13.1 Å². The summed E-state index contributed by atoms with van der Waals surface area (Å²) in [4.78, 5) is 12.0. The SMILES string of the molecule is Cc1ccccc1C1CC1C(=O)NCC(C)CN.Cl. The van der Waals surface area contributed by atoms with Gasteiger partial charge in [-0.15, -0.1) is 12.4 Å². The molecule has 1 aliphatic rings. The molecule has 1 aromatic carbocycles.